The van der Waals surface area contributed by atoms with Gasteiger partial charge in [-0.15, -0.1) is 0 Å². The molecule has 2 aliphatic rings. The minimum absolute atomic E-state index is 0.0149. The standard InChI is InChI=1S/C28H34F5N7O3/c1-3-16(12-28(31,32)33)10-22(41)36-24(17-4-5-17)19-11-21-35-20(14-40(21)34-13-19)25(18-6-8-27(29,30)9-7-18)37-26(42)23-15(2)38-43-39-23/h11,13-14,16-18,24-25H,3-10,12H2,1-2H3,(H,36,41)(H,37,42)/t16-,24?,25+/m1/s1. The average Bonchev–Trinajstić information content (AvgIpc) is 3.54. The lowest BCUT2D eigenvalue weighted by Gasteiger charge is -2.33. The zero-order chi connectivity index (χ0) is 30.9. The number of fused-ring (bicyclic) bond motifs is 1. The van der Waals surface area contributed by atoms with Crippen molar-refractivity contribution in [1.29, 1.82) is 0 Å². The highest BCUT2D eigenvalue weighted by Crippen LogP contribution is 2.43. The van der Waals surface area contributed by atoms with Crippen molar-refractivity contribution >= 4 is 17.5 Å². The Morgan fingerprint density at radius 3 is 2.40 bits per heavy atom. The molecule has 0 aliphatic heterocycles. The Kier molecular flexibility index (Phi) is 8.70. The van der Waals surface area contributed by atoms with Gasteiger partial charge >= 0.3 is 6.18 Å². The summed E-state index contributed by atoms with van der Waals surface area (Å²) in [5, 5.41) is 17.5. The Labute approximate surface area is 244 Å². The van der Waals surface area contributed by atoms with Crippen molar-refractivity contribution < 1.29 is 36.2 Å². The molecule has 43 heavy (non-hydrogen) atoms. The van der Waals surface area contributed by atoms with E-state index < -0.39 is 48.3 Å². The molecule has 2 fully saturated rings. The first kappa shape index (κ1) is 30.8. The summed E-state index contributed by atoms with van der Waals surface area (Å²) < 4.78 is 72.8. The molecule has 0 bridgehead atoms. The van der Waals surface area contributed by atoms with Crippen molar-refractivity contribution in [3.63, 3.8) is 0 Å². The van der Waals surface area contributed by atoms with Gasteiger partial charge < -0.3 is 10.6 Å². The van der Waals surface area contributed by atoms with Crippen LogP contribution in [0.1, 0.15) is 104 Å². The second-order valence-electron chi connectivity index (χ2n) is 11.8. The maximum Gasteiger partial charge on any atom is 0.389 e. The number of rotatable bonds is 11. The molecule has 2 N–H and O–H groups in total. The van der Waals surface area contributed by atoms with Crippen LogP contribution in [0.3, 0.4) is 0 Å². The van der Waals surface area contributed by atoms with Crippen LogP contribution < -0.4 is 10.6 Å². The molecular weight excluding hydrogens is 577 g/mol. The number of hydrogen-bond acceptors (Lipinski definition) is 7. The minimum atomic E-state index is -4.34. The van der Waals surface area contributed by atoms with Crippen molar-refractivity contribution in [3.8, 4) is 0 Å². The zero-order valence-corrected chi connectivity index (χ0v) is 23.8. The summed E-state index contributed by atoms with van der Waals surface area (Å²) in [6.45, 7) is 3.19. The van der Waals surface area contributed by atoms with Gasteiger partial charge in [-0.2, -0.15) is 18.3 Å². The van der Waals surface area contributed by atoms with E-state index in [1.165, 1.54) is 4.52 Å². The lowest BCUT2D eigenvalue weighted by Crippen LogP contribution is -2.37. The van der Waals surface area contributed by atoms with E-state index in [-0.39, 0.29) is 61.7 Å². The van der Waals surface area contributed by atoms with E-state index in [0.717, 1.165) is 12.8 Å². The van der Waals surface area contributed by atoms with Gasteiger partial charge in [0.15, 0.2) is 11.3 Å². The van der Waals surface area contributed by atoms with Gasteiger partial charge in [0, 0.05) is 25.7 Å². The number of carbonyl (C=O) groups excluding carboxylic acids is 2. The van der Waals surface area contributed by atoms with Gasteiger partial charge in [0.1, 0.15) is 5.69 Å². The third-order valence-corrected chi connectivity index (χ3v) is 8.41. The van der Waals surface area contributed by atoms with Crippen LogP contribution in [-0.4, -0.2) is 48.8 Å². The van der Waals surface area contributed by atoms with E-state index in [4.69, 9.17) is 0 Å². The van der Waals surface area contributed by atoms with Crippen LogP contribution in [0.5, 0.6) is 0 Å². The smallest absolute Gasteiger partial charge is 0.349 e. The molecule has 0 saturated heterocycles. The molecule has 3 heterocycles. The lowest BCUT2D eigenvalue weighted by molar-refractivity contribution is -0.147. The Morgan fingerprint density at radius 1 is 1.09 bits per heavy atom. The number of halogens is 5. The van der Waals surface area contributed by atoms with Crippen LogP contribution in [0.25, 0.3) is 5.65 Å². The van der Waals surface area contributed by atoms with Crippen LogP contribution in [0, 0.1) is 24.7 Å². The maximum absolute atomic E-state index is 14.0. The molecule has 3 atom stereocenters. The normalized spacial score (nSPS) is 19.6. The second-order valence-corrected chi connectivity index (χ2v) is 11.8. The highest BCUT2D eigenvalue weighted by atomic mass is 19.4. The fourth-order valence-corrected chi connectivity index (χ4v) is 5.79. The summed E-state index contributed by atoms with van der Waals surface area (Å²) >= 11 is 0. The summed E-state index contributed by atoms with van der Waals surface area (Å²) in [5.41, 5.74) is 1.76. The van der Waals surface area contributed by atoms with Gasteiger partial charge in [-0.1, -0.05) is 18.5 Å². The fourth-order valence-electron chi connectivity index (χ4n) is 5.79. The Bertz CT molecular complexity index is 1440. The predicted octanol–water partition coefficient (Wildman–Crippen LogP) is 5.65. The lowest BCUT2D eigenvalue weighted by atomic mass is 9.81. The summed E-state index contributed by atoms with van der Waals surface area (Å²) in [4.78, 5) is 30.5. The van der Waals surface area contributed by atoms with Crippen molar-refractivity contribution in [1.82, 2.24) is 35.5 Å². The zero-order valence-electron chi connectivity index (χ0n) is 23.8. The summed E-state index contributed by atoms with van der Waals surface area (Å²) in [6.07, 6.45) is -0.732. The van der Waals surface area contributed by atoms with Crippen molar-refractivity contribution in [2.75, 3.05) is 0 Å². The van der Waals surface area contributed by atoms with Crippen molar-refractivity contribution in [2.24, 2.45) is 17.8 Å². The third-order valence-electron chi connectivity index (χ3n) is 8.41. The number of imidazole rings is 1. The molecule has 3 aromatic rings. The molecule has 0 spiro atoms. The number of amides is 2. The highest BCUT2D eigenvalue weighted by molar-refractivity contribution is 5.93. The Hall–Kier alpha value is -3.65. The third kappa shape index (κ3) is 7.66. The van der Waals surface area contributed by atoms with Gasteiger partial charge in [-0.05, 0) is 67.1 Å². The summed E-state index contributed by atoms with van der Waals surface area (Å²) in [6, 6.07) is 0.586. The average molecular weight is 612 g/mol. The number of nitrogens with zero attached hydrogens (tertiary/aromatic N) is 5. The van der Waals surface area contributed by atoms with Crippen LogP contribution >= 0.6 is 0 Å². The molecule has 2 aliphatic carbocycles. The number of aryl methyl sites for hydroxylation is 1. The highest BCUT2D eigenvalue weighted by Gasteiger charge is 2.40. The van der Waals surface area contributed by atoms with Crippen molar-refractivity contribution in [2.45, 2.75) is 95.8 Å². The molecule has 1 unspecified atom stereocenters. The molecule has 5 rings (SSSR count). The molecule has 0 radical (unpaired) electrons. The molecule has 15 heteroatoms. The Balaban J connectivity index is 1.37. The van der Waals surface area contributed by atoms with E-state index in [0.29, 0.717) is 16.9 Å². The van der Waals surface area contributed by atoms with Crippen LogP contribution in [-0.2, 0) is 4.79 Å². The molecule has 234 valence electrons. The largest absolute Gasteiger partial charge is 0.389 e. The van der Waals surface area contributed by atoms with Gasteiger partial charge in [0.05, 0.1) is 30.2 Å². The number of alkyl halides is 5. The van der Waals surface area contributed by atoms with Gasteiger partial charge in [-0.3, -0.25) is 9.59 Å². The topological polar surface area (TPSA) is 127 Å². The Morgan fingerprint density at radius 2 is 1.79 bits per heavy atom. The number of nitrogens with one attached hydrogen (secondary N) is 2. The molecule has 2 saturated carbocycles. The number of hydrogen-bond donors (Lipinski definition) is 2. The van der Waals surface area contributed by atoms with E-state index in [2.05, 4.69) is 35.7 Å². The second kappa shape index (κ2) is 12.2. The fraction of sp³-hybridized carbons (Fsp3) is 0.643. The summed E-state index contributed by atoms with van der Waals surface area (Å²) in [5.74, 6) is -4.79. The number of carbonyl (C=O) groups is 2. The molecular formula is C28H34F5N7O3. The minimum Gasteiger partial charge on any atom is -0.349 e. The molecule has 0 aromatic carbocycles. The molecule has 2 amide bonds. The first-order chi connectivity index (χ1) is 20.3. The maximum atomic E-state index is 14.0. The predicted molar refractivity (Wildman–Crippen MR) is 142 cm³/mol. The van der Waals surface area contributed by atoms with Crippen LogP contribution in [0.2, 0.25) is 0 Å². The van der Waals surface area contributed by atoms with Gasteiger partial charge in [0.2, 0.25) is 11.8 Å². The van der Waals surface area contributed by atoms with Crippen molar-refractivity contribution in [3.05, 3.63) is 41.1 Å². The SMILES string of the molecule is CC[C@H](CC(=O)NC(c1cnn2cc([C@@H](NC(=O)c3nonc3C)C3CCC(F)(F)CC3)nc2c1)C1CC1)CC(F)(F)F. The van der Waals surface area contributed by atoms with E-state index in [1.54, 1.807) is 32.3 Å². The van der Waals surface area contributed by atoms with E-state index in [9.17, 15) is 31.5 Å². The first-order valence-electron chi connectivity index (χ1n) is 14.5. The summed E-state index contributed by atoms with van der Waals surface area (Å²) in [7, 11) is 0. The molecule has 3 aromatic heterocycles. The van der Waals surface area contributed by atoms with E-state index >= 15 is 0 Å². The quantitative estimate of drug-likeness (QED) is 0.268. The number of aromatic nitrogens is 5. The van der Waals surface area contributed by atoms with Gasteiger partial charge in [0.25, 0.3) is 5.91 Å². The molecule has 10 nitrogen and oxygen atoms in total. The first-order valence-corrected chi connectivity index (χ1v) is 14.5. The monoisotopic (exact) mass is 611 g/mol. The van der Waals surface area contributed by atoms with Crippen LogP contribution in [0.4, 0.5) is 22.0 Å². The van der Waals surface area contributed by atoms with Gasteiger partial charge in [-0.25, -0.2) is 22.9 Å². The van der Waals surface area contributed by atoms with E-state index in [1.807, 2.05) is 0 Å². The van der Waals surface area contributed by atoms with Crippen LogP contribution in [0.15, 0.2) is 23.1 Å².